The Bertz CT molecular complexity index is 2730. The number of alkyl halides is 14. The maximum Gasteiger partial charge on any atom is 0.510 e. The van der Waals surface area contributed by atoms with Crippen LogP contribution in [0.15, 0.2) is 0 Å². The number of carboxylic acid groups (broad SMARTS) is 1. The van der Waals surface area contributed by atoms with Gasteiger partial charge in [0.2, 0.25) is 0 Å². The highest BCUT2D eigenvalue weighted by Gasteiger charge is 2.83. The van der Waals surface area contributed by atoms with Gasteiger partial charge in [0, 0.05) is 11.8 Å². The number of ether oxygens (including phenoxy) is 8. The summed E-state index contributed by atoms with van der Waals surface area (Å²) in [7, 11) is -6.16. The van der Waals surface area contributed by atoms with Gasteiger partial charge in [-0.25, -0.2) is 9.59 Å². The maximum absolute atomic E-state index is 15.5. The second kappa shape index (κ2) is 24.5. The smallest absolute Gasteiger partial charge is 0.481 e. The van der Waals surface area contributed by atoms with Gasteiger partial charge in [0.1, 0.15) is 22.9 Å². The largest absolute Gasteiger partial charge is 0.510 e. The van der Waals surface area contributed by atoms with E-state index in [1.807, 2.05) is 0 Å². The third kappa shape index (κ3) is 15.7. The van der Waals surface area contributed by atoms with Crippen LogP contribution in [0, 0.1) is 69.5 Å². The van der Waals surface area contributed by atoms with E-state index in [2.05, 4.69) is 23.7 Å². The topological polar surface area (TPSA) is 285 Å². The van der Waals surface area contributed by atoms with Gasteiger partial charge in [-0.15, -0.1) is 0 Å². The first kappa shape index (κ1) is 75.9. The molecule has 3 aliphatic carbocycles. The van der Waals surface area contributed by atoms with Gasteiger partial charge in [0.15, 0.2) is 6.61 Å². The fourth-order valence-electron chi connectivity index (χ4n) is 13.1. The summed E-state index contributed by atoms with van der Waals surface area (Å²) in [4.78, 5) is 110. The summed E-state index contributed by atoms with van der Waals surface area (Å²) in [6.07, 6.45) is -46.5. The third-order valence-electron chi connectivity index (χ3n) is 16.7. The van der Waals surface area contributed by atoms with Crippen molar-refractivity contribution in [2.24, 2.45) is 69.5 Å². The van der Waals surface area contributed by atoms with E-state index in [0.717, 1.165) is 76.2 Å². The summed E-state index contributed by atoms with van der Waals surface area (Å²) >= 11 is 0. The van der Waals surface area contributed by atoms with E-state index < -0.39 is 237 Å². The number of fused-ring (bicyclic) bond motifs is 2. The molecule has 0 aromatic carbocycles. The van der Waals surface area contributed by atoms with Crippen molar-refractivity contribution in [1.82, 2.24) is 0 Å². The molecule has 20 nitrogen and oxygen atoms in total. The van der Waals surface area contributed by atoms with Crippen LogP contribution in [0.25, 0.3) is 0 Å². The van der Waals surface area contributed by atoms with Gasteiger partial charge in [-0.3, -0.25) is 33.3 Å². The number of halogens is 14. The van der Waals surface area contributed by atoms with Crippen LogP contribution in [0.2, 0.25) is 0 Å². The zero-order valence-corrected chi connectivity index (χ0v) is 51.4. The van der Waals surface area contributed by atoms with Crippen LogP contribution in [0.4, 0.5) is 71.1 Å². The molecule has 4 aliphatic rings. The van der Waals surface area contributed by atoms with Crippen LogP contribution in [0.3, 0.4) is 0 Å². The Hall–Kier alpha value is -5.51. The molecule has 0 amide bonds. The molecule has 2 N–H and O–H groups in total. The molecule has 4 rings (SSSR count). The van der Waals surface area contributed by atoms with Crippen molar-refractivity contribution < 1.29 is 156 Å². The van der Waals surface area contributed by atoms with Crippen LogP contribution >= 0.6 is 0 Å². The van der Waals surface area contributed by atoms with Crippen molar-refractivity contribution >= 4 is 58.2 Å². The van der Waals surface area contributed by atoms with E-state index in [0.29, 0.717) is 0 Å². The molecule has 89 heavy (non-hydrogen) atoms. The fraction of sp³-hybridized carbons (Fsp3) is 0.852. The van der Waals surface area contributed by atoms with Crippen LogP contribution in [-0.2, 0) is 76.8 Å². The molecule has 0 spiro atoms. The van der Waals surface area contributed by atoms with Crippen LogP contribution in [0.1, 0.15) is 148 Å². The molecule has 11 unspecified atom stereocenters. The Kier molecular flexibility index (Phi) is 20.9. The summed E-state index contributed by atoms with van der Waals surface area (Å²) in [5.41, 5.74) is -24.7. The summed E-state index contributed by atoms with van der Waals surface area (Å²) in [5.74, 6) is -27.8. The average Bonchev–Trinajstić information content (AvgIpc) is 1.70. The summed E-state index contributed by atoms with van der Waals surface area (Å²) in [6.45, 7) is 12.5. The Morgan fingerprint density at radius 3 is 1.37 bits per heavy atom. The van der Waals surface area contributed by atoms with E-state index in [1.165, 1.54) is 20.8 Å². The molecule has 1 heterocycles. The number of hydrogen-bond acceptors (Lipinski definition) is 18. The SMILES string of the molecule is CCC(C)(C(=O)OC1CC(C(OC(=O)OC(C)(C)C)(C(F)(F)F)C(F)(F)F)CC(C(OC(=O)OC(C)(C)C)(C(F)(F)F)C(F)(F)F)C1)C1C(=O)OC(=O)C1C1C2CC(C(=O)O)C(C2)C1CC(C)(CC(C)(C)C(=O)OCC(F)(F)S(=O)(=O)O)C(=O)OC(C)(C)C. The van der Waals surface area contributed by atoms with Gasteiger partial charge in [0.25, 0.3) is 0 Å². The molecule has 1 saturated heterocycles. The van der Waals surface area contributed by atoms with E-state index in [-0.39, 0.29) is 12.8 Å². The van der Waals surface area contributed by atoms with E-state index in [1.54, 1.807) is 0 Å². The van der Waals surface area contributed by atoms with Crippen molar-refractivity contribution in [1.29, 1.82) is 0 Å². The quantitative estimate of drug-likeness (QED) is 0.0399. The number of esters is 5. The van der Waals surface area contributed by atoms with Gasteiger partial charge < -0.3 is 43.0 Å². The Balaban J connectivity index is 1.98. The van der Waals surface area contributed by atoms with E-state index in [4.69, 9.17) is 18.8 Å². The number of aliphatic carboxylic acids is 1. The van der Waals surface area contributed by atoms with E-state index >= 15 is 57.5 Å². The lowest BCUT2D eigenvalue weighted by molar-refractivity contribution is -0.406. The van der Waals surface area contributed by atoms with E-state index in [9.17, 15) is 55.9 Å². The first-order valence-electron chi connectivity index (χ1n) is 27.6. The molecule has 0 aromatic heterocycles. The summed E-state index contributed by atoms with van der Waals surface area (Å²) in [6, 6.07) is 0. The number of cyclic esters (lactones) is 2. The maximum atomic E-state index is 15.5. The first-order chi connectivity index (χ1) is 39.5. The first-order valence-corrected chi connectivity index (χ1v) is 29.0. The molecular weight excluding hydrogens is 1270 g/mol. The monoisotopic (exact) mass is 1340 g/mol. The molecule has 4 fully saturated rings. The highest BCUT2D eigenvalue weighted by Crippen LogP contribution is 2.65. The molecular formula is C54H72F14O20S. The predicted molar refractivity (Wildman–Crippen MR) is 270 cm³/mol. The van der Waals surface area contributed by atoms with Crippen molar-refractivity contribution in [2.45, 2.75) is 212 Å². The number of rotatable bonds is 19. The van der Waals surface area contributed by atoms with Crippen molar-refractivity contribution in [2.75, 3.05) is 6.61 Å². The van der Waals surface area contributed by atoms with Crippen LogP contribution in [0.5, 0.6) is 0 Å². The standard InChI is InChI=1S/C54H72F14O20S/c1-15-47(14,39(75)82-27-19-25(49(51(57,58)59,52(60,61)62)87-40(76)85-43(5,6)7)18-26(20-27)50(53(63,64)65,54(66,67)68)88-41(77)86-44(8,9)10)33-32(35(71)83-36(33)72)31-24-16-28(29(17-24)34(69)70)30(31)21-46(13,38(74)84-42(2,3)4)22-45(11,12)37(73)81-23-48(55,56)89(78,79)80/h24-33H,15-23H2,1-14H3,(H,69,70)(H,78,79,80). The van der Waals surface area contributed by atoms with Gasteiger partial charge in [-0.05, 0) is 165 Å². The zero-order valence-electron chi connectivity index (χ0n) is 50.6. The minimum absolute atomic E-state index is 0.160. The second-order valence-corrected chi connectivity index (χ2v) is 28.9. The third-order valence-corrected chi connectivity index (χ3v) is 17.6. The van der Waals surface area contributed by atoms with Crippen molar-refractivity contribution in [3.8, 4) is 0 Å². The Morgan fingerprint density at radius 1 is 0.573 bits per heavy atom. The number of carbonyl (C=O) groups excluding carboxylic acids is 7. The van der Waals surface area contributed by atoms with Gasteiger partial charge in [0.05, 0.1) is 34.0 Å². The van der Waals surface area contributed by atoms with Gasteiger partial charge in [-0.2, -0.15) is 69.9 Å². The molecule has 0 radical (unpaired) electrons. The lowest BCUT2D eigenvalue weighted by atomic mass is 9.57. The molecule has 2 bridgehead atoms. The zero-order chi connectivity index (χ0) is 69.4. The lowest BCUT2D eigenvalue weighted by Gasteiger charge is -2.50. The predicted octanol–water partition coefficient (Wildman–Crippen LogP) is 11.8. The normalized spacial score (nSPS) is 26.7. The van der Waals surface area contributed by atoms with Gasteiger partial charge >= 0.3 is 99.4 Å². The summed E-state index contributed by atoms with van der Waals surface area (Å²) < 4.78 is 284. The van der Waals surface area contributed by atoms with Crippen LogP contribution in [-0.4, -0.2) is 137 Å². The number of hydrogen-bond donors (Lipinski definition) is 2. The minimum atomic E-state index is -7.06. The lowest BCUT2D eigenvalue weighted by Crippen LogP contribution is -2.69. The summed E-state index contributed by atoms with van der Waals surface area (Å²) in [5, 5.41) is 5.40. The minimum Gasteiger partial charge on any atom is -0.481 e. The molecule has 0 aromatic rings. The molecule has 512 valence electrons. The second-order valence-electron chi connectivity index (χ2n) is 27.3. The molecule has 35 heteroatoms. The Morgan fingerprint density at radius 2 is 1.00 bits per heavy atom. The molecule has 1 aliphatic heterocycles. The van der Waals surface area contributed by atoms with Crippen LogP contribution < -0.4 is 0 Å². The van der Waals surface area contributed by atoms with Gasteiger partial charge in [-0.1, -0.05) is 6.92 Å². The molecule has 11 atom stereocenters. The average molecular weight is 1340 g/mol. The highest BCUT2D eigenvalue weighted by atomic mass is 32.2. The Labute approximate surface area is 501 Å². The highest BCUT2D eigenvalue weighted by molar-refractivity contribution is 7.86. The number of carbonyl (C=O) groups is 8. The molecule has 3 saturated carbocycles. The van der Waals surface area contributed by atoms with Crippen molar-refractivity contribution in [3.05, 3.63) is 0 Å². The fourth-order valence-corrected chi connectivity index (χ4v) is 13.3. The van der Waals surface area contributed by atoms with Crippen molar-refractivity contribution in [3.63, 3.8) is 0 Å². The number of carboxylic acids is 1.